The van der Waals surface area contributed by atoms with Gasteiger partial charge >= 0.3 is 5.97 Å². The molecule has 0 N–H and O–H groups in total. The molecule has 2 aromatic rings. The molecule has 0 amide bonds. The number of ketones is 2. The topological polar surface area (TPSA) is 60.4 Å². The quantitative estimate of drug-likeness (QED) is 0.548. The molecule has 0 radical (unpaired) electrons. The van der Waals surface area contributed by atoms with Crippen LogP contribution in [0, 0.1) is 0 Å². The van der Waals surface area contributed by atoms with Crippen LogP contribution in [-0.4, -0.2) is 23.1 Å². The Hall–Kier alpha value is -2.49. The molecular weight excluding hydrogens is 268 g/mol. The van der Waals surface area contributed by atoms with Crippen molar-refractivity contribution in [1.82, 2.24) is 0 Å². The Morgan fingerprint density at radius 1 is 0.952 bits per heavy atom. The van der Waals surface area contributed by atoms with Crippen LogP contribution in [0.15, 0.2) is 36.4 Å². The van der Waals surface area contributed by atoms with Crippen LogP contribution in [0.5, 0.6) is 0 Å². The first-order valence-corrected chi connectivity index (χ1v) is 6.92. The molecule has 1 aliphatic carbocycles. The zero-order chi connectivity index (χ0) is 14.6. The summed E-state index contributed by atoms with van der Waals surface area (Å²) in [4.78, 5) is 36.7. The second kappa shape index (κ2) is 4.01. The first-order valence-electron chi connectivity index (χ1n) is 6.92. The average molecular weight is 280 g/mol. The minimum Gasteiger partial charge on any atom is -0.442 e. The van der Waals surface area contributed by atoms with E-state index in [-0.39, 0.29) is 30.8 Å². The lowest BCUT2D eigenvalue weighted by Gasteiger charge is -2.29. The van der Waals surface area contributed by atoms with Crippen molar-refractivity contribution in [2.24, 2.45) is 0 Å². The summed E-state index contributed by atoms with van der Waals surface area (Å²) in [7, 11) is 0. The van der Waals surface area contributed by atoms with Gasteiger partial charge in [-0.1, -0.05) is 36.4 Å². The van der Waals surface area contributed by atoms with Crippen LogP contribution in [0.3, 0.4) is 0 Å². The van der Waals surface area contributed by atoms with Crippen molar-refractivity contribution in [3.05, 3.63) is 47.5 Å². The number of fused-ring (bicyclic) bond motifs is 3. The van der Waals surface area contributed by atoms with Gasteiger partial charge in [-0.05, 0) is 16.3 Å². The van der Waals surface area contributed by atoms with E-state index in [0.29, 0.717) is 5.56 Å². The summed E-state index contributed by atoms with van der Waals surface area (Å²) in [6.07, 6.45) is 0.304. The monoisotopic (exact) mass is 280 g/mol. The molecule has 2 aromatic carbocycles. The smallest absolute Gasteiger partial charge is 0.307 e. The van der Waals surface area contributed by atoms with Gasteiger partial charge in [0.05, 0.1) is 6.42 Å². The molecule has 21 heavy (non-hydrogen) atoms. The lowest BCUT2D eigenvalue weighted by atomic mass is 9.88. The van der Waals surface area contributed by atoms with Crippen molar-refractivity contribution < 1.29 is 19.1 Å². The lowest BCUT2D eigenvalue weighted by Crippen LogP contribution is -2.51. The Morgan fingerprint density at radius 3 is 2.62 bits per heavy atom. The van der Waals surface area contributed by atoms with E-state index in [9.17, 15) is 14.4 Å². The van der Waals surface area contributed by atoms with E-state index < -0.39 is 11.6 Å². The summed E-state index contributed by atoms with van der Waals surface area (Å²) in [6, 6.07) is 11.3. The Kier molecular flexibility index (Phi) is 2.34. The summed E-state index contributed by atoms with van der Waals surface area (Å²) < 4.78 is 5.25. The van der Waals surface area contributed by atoms with Crippen molar-refractivity contribution in [1.29, 1.82) is 0 Å². The van der Waals surface area contributed by atoms with Gasteiger partial charge in [0.2, 0.25) is 11.4 Å². The van der Waals surface area contributed by atoms with Gasteiger partial charge in [-0.25, -0.2) is 0 Å². The number of rotatable bonds is 0. The number of hydrogen-bond donors (Lipinski definition) is 0. The Balaban J connectivity index is 1.94. The molecule has 4 nitrogen and oxygen atoms in total. The molecule has 4 heteroatoms. The van der Waals surface area contributed by atoms with Gasteiger partial charge in [0.15, 0.2) is 5.78 Å². The zero-order valence-electron chi connectivity index (χ0n) is 11.2. The van der Waals surface area contributed by atoms with E-state index in [1.807, 2.05) is 36.4 Å². The van der Waals surface area contributed by atoms with Gasteiger partial charge in [-0.2, -0.15) is 0 Å². The third kappa shape index (κ3) is 1.53. The van der Waals surface area contributed by atoms with Crippen molar-refractivity contribution in [3.8, 4) is 0 Å². The molecule has 1 fully saturated rings. The maximum Gasteiger partial charge on any atom is 0.307 e. The van der Waals surface area contributed by atoms with E-state index in [1.165, 1.54) is 0 Å². The fourth-order valence-corrected chi connectivity index (χ4v) is 3.31. The molecule has 1 saturated heterocycles. The van der Waals surface area contributed by atoms with E-state index in [1.54, 1.807) is 0 Å². The summed E-state index contributed by atoms with van der Waals surface area (Å²) in [5.41, 5.74) is -0.306. The summed E-state index contributed by atoms with van der Waals surface area (Å²) in [5, 5.41) is 1.75. The van der Waals surface area contributed by atoms with Crippen LogP contribution in [0.1, 0.15) is 28.8 Å². The van der Waals surface area contributed by atoms with E-state index in [4.69, 9.17) is 4.74 Å². The van der Waals surface area contributed by atoms with Gasteiger partial charge in [0.25, 0.3) is 0 Å². The summed E-state index contributed by atoms with van der Waals surface area (Å²) >= 11 is 0. The van der Waals surface area contributed by atoms with Crippen molar-refractivity contribution >= 4 is 28.3 Å². The molecule has 4 rings (SSSR count). The molecule has 0 aromatic heterocycles. The third-order valence-corrected chi connectivity index (χ3v) is 4.34. The molecule has 1 heterocycles. The molecule has 2 aliphatic rings. The highest BCUT2D eigenvalue weighted by Crippen LogP contribution is 2.40. The minimum atomic E-state index is -1.61. The predicted molar refractivity (Wildman–Crippen MR) is 75.0 cm³/mol. The molecule has 0 saturated carbocycles. The summed E-state index contributed by atoms with van der Waals surface area (Å²) in [5.74, 6) is -1.13. The third-order valence-electron chi connectivity index (χ3n) is 4.34. The van der Waals surface area contributed by atoms with Gasteiger partial charge in [0.1, 0.15) is 0 Å². The fraction of sp³-hybridized carbons (Fsp3) is 0.235. The van der Waals surface area contributed by atoms with Crippen LogP contribution in [0.4, 0.5) is 0 Å². The Labute approximate surface area is 120 Å². The number of esters is 1. The summed E-state index contributed by atoms with van der Waals surface area (Å²) in [6.45, 7) is 0. The first kappa shape index (κ1) is 12.3. The fourth-order valence-electron chi connectivity index (χ4n) is 3.31. The normalized spacial score (nSPS) is 24.5. The van der Waals surface area contributed by atoms with Gasteiger partial charge in [-0.3, -0.25) is 14.4 Å². The van der Waals surface area contributed by atoms with Crippen molar-refractivity contribution in [2.45, 2.75) is 24.9 Å². The molecule has 1 atom stereocenters. The number of carbonyl (C=O) groups is 3. The second-order valence-electron chi connectivity index (χ2n) is 5.55. The van der Waals surface area contributed by atoms with E-state index in [0.717, 1.165) is 16.3 Å². The maximum absolute atomic E-state index is 12.8. The van der Waals surface area contributed by atoms with E-state index in [2.05, 4.69) is 0 Å². The molecule has 0 unspecified atom stereocenters. The van der Waals surface area contributed by atoms with Crippen LogP contribution in [0.2, 0.25) is 0 Å². The SMILES string of the molecule is O=C1CCC(=O)[C@]2(Cc3ccc4ccccc4c3C2=O)O1. The Morgan fingerprint density at radius 2 is 1.76 bits per heavy atom. The maximum atomic E-state index is 12.8. The standard InChI is InChI=1S/C17H12O4/c18-13-7-8-14(19)21-17(13)9-11-6-5-10-3-1-2-4-12(10)15(11)16(17)20/h1-6H,7-9H2/t17-/m0/s1. The Bertz CT molecular complexity index is 821. The second-order valence-corrected chi connectivity index (χ2v) is 5.55. The zero-order valence-corrected chi connectivity index (χ0v) is 11.2. The van der Waals surface area contributed by atoms with Crippen LogP contribution in [0.25, 0.3) is 10.8 Å². The van der Waals surface area contributed by atoms with Gasteiger partial charge in [0, 0.05) is 18.4 Å². The predicted octanol–water partition coefficient (Wildman–Crippen LogP) is 2.22. The number of Topliss-reactive ketones (excluding diaryl/α,β-unsaturated/α-hetero) is 2. The highest BCUT2D eigenvalue weighted by molar-refractivity contribution is 6.26. The molecule has 104 valence electrons. The van der Waals surface area contributed by atoms with Gasteiger partial charge in [-0.15, -0.1) is 0 Å². The largest absolute Gasteiger partial charge is 0.442 e. The number of benzene rings is 2. The molecule has 0 bridgehead atoms. The molecule has 1 aliphatic heterocycles. The highest BCUT2D eigenvalue weighted by atomic mass is 16.6. The number of carbonyl (C=O) groups excluding carboxylic acids is 3. The van der Waals surface area contributed by atoms with Crippen LogP contribution >= 0.6 is 0 Å². The first-order chi connectivity index (χ1) is 10.1. The lowest BCUT2D eigenvalue weighted by molar-refractivity contribution is -0.168. The van der Waals surface area contributed by atoms with Crippen LogP contribution < -0.4 is 0 Å². The van der Waals surface area contributed by atoms with Crippen molar-refractivity contribution in [3.63, 3.8) is 0 Å². The molecular formula is C17H12O4. The van der Waals surface area contributed by atoms with Crippen molar-refractivity contribution in [2.75, 3.05) is 0 Å². The van der Waals surface area contributed by atoms with E-state index >= 15 is 0 Å². The highest BCUT2D eigenvalue weighted by Gasteiger charge is 2.56. The van der Waals surface area contributed by atoms with Crippen LogP contribution in [-0.2, 0) is 20.7 Å². The average Bonchev–Trinajstić information content (AvgIpc) is 2.77. The minimum absolute atomic E-state index is 0.0605. The molecule has 1 spiro atoms. The number of ether oxygens (including phenoxy) is 1. The van der Waals surface area contributed by atoms with Gasteiger partial charge < -0.3 is 4.74 Å². The number of hydrogen-bond acceptors (Lipinski definition) is 4.